The maximum Gasteiger partial charge on any atom is 0.231 e. The van der Waals surface area contributed by atoms with Crippen LogP contribution in [-0.4, -0.2) is 26.4 Å². The molecule has 1 amide bonds. The van der Waals surface area contributed by atoms with E-state index < -0.39 is 0 Å². The number of rotatable bonds is 6. The quantitative estimate of drug-likeness (QED) is 0.737. The van der Waals surface area contributed by atoms with E-state index in [2.05, 4.69) is 5.32 Å². The van der Waals surface area contributed by atoms with Crippen molar-refractivity contribution in [2.24, 2.45) is 0 Å². The standard InChI is InChI=1S/C20H19NO5/c1-23-15-3-4-16-14(11-24-18(16)10-15)9-20(22)21-7-6-13-2-5-17-19(8-13)26-12-25-17/h2-5,8,10-11H,6-7,9,12H2,1H3,(H,21,22). The van der Waals surface area contributed by atoms with Crippen LogP contribution in [0.1, 0.15) is 11.1 Å². The Morgan fingerprint density at radius 1 is 1.15 bits per heavy atom. The van der Waals surface area contributed by atoms with Crippen LogP contribution >= 0.6 is 0 Å². The largest absolute Gasteiger partial charge is 0.497 e. The number of methoxy groups -OCH3 is 1. The second-order valence-corrected chi connectivity index (χ2v) is 6.09. The van der Waals surface area contributed by atoms with Crippen LogP contribution in [0.2, 0.25) is 0 Å². The molecule has 0 saturated carbocycles. The zero-order valence-corrected chi connectivity index (χ0v) is 14.4. The summed E-state index contributed by atoms with van der Waals surface area (Å²) in [6.07, 6.45) is 2.63. The van der Waals surface area contributed by atoms with Crippen LogP contribution in [0.15, 0.2) is 47.1 Å². The fourth-order valence-electron chi connectivity index (χ4n) is 3.01. The number of nitrogens with one attached hydrogen (secondary N) is 1. The van der Waals surface area contributed by atoms with E-state index in [0.717, 1.165) is 40.2 Å². The van der Waals surface area contributed by atoms with Crippen molar-refractivity contribution in [3.05, 3.63) is 53.8 Å². The lowest BCUT2D eigenvalue weighted by Gasteiger charge is -2.06. The summed E-state index contributed by atoms with van der Waals surface area (Å²) in [5.74, 6) is 2.21. The van der Waals surface area contributed by atoms with Gasteiger partial charge in [-0.25, -0.2) is 0 Å². The van der Waals surface area contributed by atoms with Gasteiger partial charge in [-0.2, -0.15) is 0 Å². The number of furan rings is 1. The first-order valence-corrected chi connectivity index (χ1v) is 8.42. The third-order valence-corrected chi connectivity index (χ3v) is 4.39. The molecule has 0 saturated heterocycles. The van der Waals surface area contributed by atoms with Crippen LogP contribution in [0.5, 0.6) is 17.2 Å². The topological polar surface area (TPSA) is 69.9 Å². The van der Waals surface area contributed by atoms with E-state index >= 15 is 0 Å². The van der Waals surface area contributed by atoms with Gasteiger partial charge < -0.3 is 23.9 Å². The molecule has 0 radical (unpaired) electrons. The van der Waals surface area contributed by atoms with Gasteiger partial charge in [0.1, 0.15) is 11.3 Å². The molecule has 0 atom stereocenters. The van der Waals surface area contributed by atoms with Gasteiger partial charge in [-0.15, -0.1) is 0 Å². The first-order chi connectivity index (χ1) is 12.7. The molecule has 4 rings (SSSR count). The molecule has 0 fully saturated rings. The fourth-order valence-corrected chi connectivity index (χ4v) is 3.01. The van der Waals surface area contributed by atoms with Crippen molar-refractivity contribution in [1.82, 2.24) is 5.32 Å². The molecule has 134 valence electrons. The van der Waals surface area contributed by atoms with Gasteiger partial charge in [0.2, 0.25) is 12.7 Å². The number of amides is 1. The van der Waals surface area contributed by atoms with Gasteiger partial charge in [-0.1, -0.05) is 6.07 Å². The number of hydrogen-bond donors (Lipinski definition) is 1. The lowest BCUT2D eigenvalue weighted by Crippen LogP contribution is -2.27. The Bertz CT molecular complexity index is 947. The summed E-state index contributed by atoms with van der Waals surface area (Å²) in [6, 6.07) is 11.4. The molecule has 0 spiro atoms. The van der Waals surface area contributed by atoms with Gasteiger partial charge >= 0.3 is 0 Å². The first kappa shape index (κ1) is 16.3. The van der Waals surface area contributed by atoms with Crippen molar-refractivity contribution in [3.63, 3.8) is 0 Å². The molecule has 2 aromatic carbocycles. The van der Waals surface area contributed by atoms with E-state index in [-0.39, 0.29) is 19.1 Å². The number of carbonyl (C=O) groups excluding carboxylic acids is 1. The van der Waals surface area contributed by atoms with Crippen molar-refractivity contribution in [1.29, 1.82) is 0 Å². The lowest BCUT2D eigenvalue weighted by molar-refractivity contribution is -0.120. The highest BCUT2D eigenvalue weighted by Gasteiger charge is 2.14. The highest BCUT2D eigenvalue weighted by Crippen LogP contribution is 2.32. The number of hydrogen-bond acceptors (Lipinski definition) is 5. The van der Waals surface area contributed by atoms with Crippen LogP contribution in [0.3, 0.4) is 0 Å². The molecular formula is C20H19NO5. The summed E-state index contributed by atoms with van der Waals surface area (Å²) < 4.78 is 21.4. The second kappa shape index (κ2) is 7.00. The summed E-state index contributed by atoms with van der Waals surface area (Å²) in [5.41, 5.74) is 2.67. The SMILES string of the molecule is COc1ccc2c(CC(=O)NCCc3ccc4c(c3)OCO4)coc2c1. The van der Waals surface area contributed by atoms with Gasteiger partial charge in [0.05, 0.1) is 19.8 Å². The zero-order valence-electron chi connectivity index (χ0n) is 14.4. The predicted octanol–water partition coefficient (Wildman–Crippen LogP) is 3.07. The highest BCUT2D eigenvalue weighted by atomic mass is 16.7. The van der Waals surface area contributed by atoms with Crippen LogP contribution in [-0.2, 0) is 17.6 Å². The molecule has 6 heteroatoms. The number of carbonyl (C=O) groups is 1. The molecule has 1 aromatic heterocycles. The predicted molar refractivity (Wildman–Crippen MR) is 95.7 cm³/mol. The van der Waals surface area contributed by atoms with Gasteiger partial charge in [0.15, 0.2) is 11.5 Å². The number of benzene rings is 2. The van der Waals surface area contributed by atoms with E-state index in [4.69, 9.17) is 18.6 Å². The van der Waals surface area contributed by atoms with E-state index in [1.54, 1.807) is 13.4 Å². The Balaban J connectivity index is 1.33. The Morgan fingerprint density at radius 2 is 2.04 bits per heavy atom. The average Bonchev–Trinajstić information content (AvgIpc) is 3.28. The molecule has 0 bridgehead atoms. The minimum absolute atomic E-state index is 0.0377. The van der Waals surface area contributed by atoms with Gasteiger partial charge in [-0.05, 0) is 36.2 Å². The van der Waals surface area contributed by atoms with Gasteiger partial charge in [-0.3, -0.25) is 4.79 Å². The zero-order chi connectivity index (χ0) is 17.9. The first-order valence-electron chi connectivity index (χ1n) is 8.42. The molecular weight excluding hydrogens is 334 g/mol. The summed E-state index contributed by atoms with van der Waals surface area (Å²) >= 11 is 0. The molecule has 6 nitrogen and oxygen atoms in total. The monoisotopic (exact) mass is 353 g/mol. The minimum atomic E-state index is -0.0377. The summed E-state index contributed by atoms with van der Waals surface area (Å²) in [5, 5.41) is 3.87. The maximum atomic E-state index is 12.2. The average molecular weight is 353 g/mol. The van der Waals surface area contributed by atoms with Crippen molar-refractivity contribution in [3.8, 4) is 17.2 Å². The van der Waals surface area contributed by atoms with Gasteiger partial charge in [0, 0.05) is 23.6 Å². The van der Waals surface area contributed by atoms with Crippen LogP contribution in [0.25, 0.3) is 11.0 Å². The molecule has 26 heavy (non-hydrogen) atoms. The molecule has 1 aliphatic heterocycles. The summed E-state index contributed by atoms with van der Waals surface area (Å²) in [4.78, 5) is 12.2. The van der Waals surface area contributed by atoms with Crippen molar-refractivity contribution in [2.45, 2.75) is 12.8 Å². The van der Waals surface area contributed by atoms with Crippen molar-refractivity contribution in [2.75, 3.05) is 20.4 Å². The van der Waals surface area contributed by atoms with E-state index in [0.29, 0.717) is 12.1 Å². The Kier molecular flexibility index (Phi) is 4.39. The normalized spacial score (nSPS) is 12.3. The molecule has 3 aromatic rings. The van der Waals surface area contributed by atoms with E-state index in [9.17, 15) is 4.79 Å². The maximum absolute atomic E-state index is 12.2. The lowest BCUT2D eigenvalue weighted by atomic mass is 10.1. The van der Waals surface area contributed by atoms with E-state index in [1.807, 2.05) is 36.4 Å². The van der Waals surface area contributed by atoms with Crippen LogP contribution in [0.4, 0.5) is 0 Å². The smallest absolute Gasteiger partial charge is 0.231 e. The van der Waals surface area contributed by atoms with Crippen LogP contribution < -0.4 is 19.5 Å². The third kappa shape index (κ3) is 3.31. The Hall–Kier alpha value is -3.15. The minimum Gasteiger partial charge on any atom is -0.497 e. The Labute approximate surface area is 150 Å². The molecule has 1 aliphatic rings. The van der Waals surface area contributed by atoms with Crippen LogP contribution in [0, 0.1) is 0 Å². The number of fused-ring (bicyclic) bond motifs is 2. The molecule has 1 N–H and O–H groups in total. The molecule has 0 aliphatic carbocycles. The number of ether oxygens (including phenoxy) is 3. The molecule has 0 unspecified atom stereocenters. The molecule has 2 heterocycles. The van der Waals surface area contributed by atoms with Gasteiger partial charge in [0.25, 0.3) is 0 Å². The van der Waals surface area contributed by atoms with E-state index in [1.165, 1.54) is 0 Å². The van der Waals surface area contributed by atoms with Crippen molar-refractivity contribution < 1.29 is 23.4 Å². The summed E-state index contributed by atoms with van der Waals surface area (Å²) in [7, 11) is 1.61. The highest BCUT2D eigenvalue weighted by molar-refractivity contribution is 5.88. The summed E-state index contributed by atoms with van der Waals surface area (Å²) in [6.45, 7) is 0.822. The second-order valence-electron chi connectivity index (χ2n) is 6.09. The fraction of sp³-hybridized carbons (Fsp3) is 0.250. The Morgan fingerprint density at radius 3 is 2.92 bits per heavy atom. The third-order valence-electron chi connectivity index (χ3n) is 4.39. The van der Waals surface area contributed by atoms with Crippen molar-refractivity contribution >= 4 is 16.9 Å².